The van der Waals surface area contributed by atoms with Crippen LogP contribution in [-0.4, -0.2) is 0 Å². The fourth-order valence-corrected chi connectivity index (χ4v) is 1.36. The Morgan fingerprint density at radius 2 is 1.00 bits per heavy atom. The molecule has 0 aromatic carbocycles. The molecular weight excluding hydrogens is 156 g/mol. The Balaban J connectivity index is 2.27. The monoisotopic (exact) mass is 175 g/mol. The van der Waals surface area contributed by atoms with Crippen LogP contribution in [0.1, 0.15) is 38.5 Å². The van der Waals surface area contributed by atoms with E-state index in [0.29, 0.717) is 0 Å². The van der Waals surface area contributed by atoms with Crippen molar-refractivity contribution < 1.29 is 0 Å². The molecule has 0 aliphatic heterocycles. The van der Waals surface area contributed by atoms with Gasteiger partial charge in [0.15, 0.2) is 0 Å². The lowest BCUT2D eigenvalue weighted by atomic mass is 10.2. The van der Waals surface area contributed by atoms with E-state index in [0.717, 1.165) is 0 Å². The van der Waals surface area contributed by atoms with E-state index in [9.17, 15) is 0 Å². The van der Waals surface area contributed by atoms with Gasteiger partial charge in [-0.15, -0.1) is 0 Å². The van der Waals surface area contributed by atoms with Crippen molar-refractivity contribution in [3.05, 3.63) is 42.9 Å². The highest BCUT2D eigenvalue weighted by Crippen LogP contribution is 2.04. The maximum Gasteiger partial charge on any atom is 0.00441 e. The number of rotatable bonds is 0. The van der Waals surface area contributed by atoms with E-state index < -0.39 is 0 Å². The minimum absolute atomic E-state index is 1.20. The molecule has 0 atom stereocenters. The van der Waals surface area contributed by atoms with Crippen molar-refractivity contribution in [1.29, 1.82) is 0 Å². The van der Waals surface area contributed by atoms with Crippen molar-refractivity contribution in [3.63, 3.8) is 0 Å². The van der Waals surface area contributed by atoms with E-state index in [-0.39, 0.29) is 0 Å². The summed E-state index contributed by atoms with van der Waals surface area (Å²) < 4.78 is 0. The molecule has 0 saturated carbocycles. The zero-order valence-corrected chi connectivity index (χ0v) is 8.28. The first-order valence-corrected chi connectivity index (χ1v) is 5.30. The molecule has 0 amide bonds. The predicted octanol–water partition coefficient (Wildman–Crippen LogP) is 4.21. The van der Waals surface area contributed by atoms with Crippen molar-refractivity contribution in [2.45, 2.75) is 38.5 Å². The number of hydrogen-bond acceptors (Lipinski definition) is 0. The van der Waals surface area contributed by atoms with Crippen LogP contribution in [-0.2, 0) is 0 Å². The largest absolute Gasteiger partial charge is 0.0885 e. The van der Waals surface area contributed by atoms with Gasteiger partial charge in [0, 0.05) is 6.42 Å². The van der Waals surface area contributed by atoms with Crippen LogP contribution in [0.3, 0.4) is 0 Å². The molecule has 0 N–H and O–H groups in total. The highest BCUT2D eigenvalue weighted by atomic mass is 13.9. The standard InChI is InChI=1S/C13H19/c1-2-4-6-8-10-12-13-11-9-7-5-3-1/h1-5,12-13H,6-11H2/b4-2+,5-3+,13-12+. The molecule has 0 heteroatoms. The Kier molecular flexibility index (Phi) is 6.22. The second kappa shape index (κ2) is 7.85. The topological polar surface area (TPSA) is 0 Å². The van der Waals surface area contributed by atoms with E-state index in [1.165, 1.54) is 38.5 Å². The van der Waals surface area contributed by atoms with Gasteiger partial charge in [-0.25, -0.2) is 0 Å². The first-order valence-electron chi connectivity index (χ1n) is 5.30. The smallest absolute Gasteiger partial charge is 0.00441 e. The van der Waals surface area contributed by atoms with Crippen LogP contribution in [0.5, 0.6) is 0 Å². The first kappa shape index (κ1) is 10.3. The quantitative estimate of drug-likeness (QED) is 0.484. The summed E-state index contributed by atoms with van der Waals surface area (Å²) >= 11 is 0. The van der Waals surface area contributed by atoms with E-state index in [1.54, 1.807) is 0 Å². The summed E-state index contributed by atoms with van der Waals surface area (Å²) in [5.41, 5.74) is 0. The highest BCUT2D eigenvalue weighted by molar-refractivity contribution is 5.08. The summed E-state index contributed by atoms with van der Waals surface area (Å²) in [5.74, 6) is 0. The molecule has 1 radical (unpaired) electrons. The van der Waals surface area contributed by atoms with E-state index in [1.807, 2.05) is 0 Å². The minimum Gasteiger partial charge on any atom is -0.0885 e. The molecule has 1 aliphatic carbocycles. The summed E-state index contributed by atoms with van der Waals surface area (Å²) in [6.45, 7) is 0. The average molecular weight is 175 g/mol. The molecule has 0 aromatic rings. The molecule has 0 aromatic heterocycles. The van der Waals surface area contributed by atoms with Gasteiger partial charge in [-0.3, -0.25) is 0 Å². The number of hydrogen-bond donors (Lipinski definition) is 0. The van der Waals surface area contributed by atoms with Gasteiger partial charge in [-0.2, -0.15) is 0 Å². The van der Waals surface area contributed by atoms with Crippen LogP contribution in [0.15, 0.2) is 36.5 Å². The Morgan fingerprint density at radius 3 is 1.54 bits per heavy atom. The van der Waals surface area contributed by atoms with E-state index >= 15 is 0 Å². The van der Waals surface area contributed by atoms with Gasteiger partial charge in [0.2, 0.25) is 0 Å². The van der Waals surface area contributed by atoms with Crippen LogP contribution in [0.25, 0.3) is 0 Å². The summed E-state index contributed by atoms with van der Waals surface area (Å²) in [6, 6.07) is 0. The predicted molar refractivity (Wildman–Crippen MR) is 59.4 cm³/mol. The average Bonchev–Trinajstić information content (AvgIpc) is 2.18. The van der Waals surface area contributed by atoms with Crippen molar-refractivity contribution in [3.8, 4) is 0 Å². The third-order valence-electron chi connectivity index (χ3n) is 2.14. The van der Waals surface area contributed by atoms with Crippen molar-refractivity contribution in [1.82, 2.24) is 0 Å². The van der Waals surface area contributed by atoms with Gasteiger partial charge in [0.05, 0.1) is 0 Å². The molecule has 0 saturated heterocycles. The first-order chi connectivity index (χ1) is 6.50. The van der Waals surface area contributed by atoms with Crippen LogP contribution in [0.4, 0.5) is 0 Å². The third kappa shape index (κ3) is 6.39. The lowest BCUT2D eigenvalue weighted by Crippen LogP contribution is -1.70. The van der Waals surface area contributed by atoms with Gasteiger partial charge in [-0.05, 0) is 38.5 Å². The Hall–Kier alpha value is -0.780. The normalized spacial score (nSPS) is 27.7. The fourth-order valence-electron chi connectivity index (χ4n) is 1.36. The highest BCUT2D eigenvalue weighted by Gasteiger charge is 1.84. The van der Waals surface area contributed by atoms with Gasteiger partial charge in [0.1, 0.15) is 0 Å². The molecule has 0 unspecified atom stereocenters. The second-order valence-electron chi connectivity index (χ2n) is 3.38. The molecule has 1 aliphatic rings. The number of allylic oxidation sites excluding steroid dienone is 6. The molecule has 71 valence electrons. The van der Waals surface area contributed by atoms with E-state index in [4.69, 9.17) is 0 Å². The summed E-state index contributed by atoms with van der Waals surface area (Å²) in [5, 5.41) is 0. The Bertz CT molecular complexity index is 164. The van der Waals surface area contributed by atoms with Crippen LogP contribution >= 0.6 is 0 Å². The molecule has 0 fully saturated rings. The molecule has 0 bridgehead atoms. The second-order valence-corrected chi connectivity index (χ2v) is 3.38. The van der Waals surface area contributed by atoms with Crippen molar-refractivity contribution in [2.75, 3.05) is 0 Å². The Morgan fingerprint density at radius 1 is 0.538 bits per heavy atom. The molecule has 1 rings (SSSR count). The zero-order valence-electron chi connectivity index (χ0n) is 8.28. The SMILES string of the molecule is [CH]1/C=C/CCC/C=C/CCC/C=C/1. The minimum atomic E-state index is 1.20. The van der Waals surface area contributed by atoms with E-state index in [2.05, 4.69) is 42.9 Å². The van der Waals surface area contributed by atoms with Crippen molar-refractivity contribution in [2.24, 2.45) is 0 Å². The molecule has 0 heterocycles. The van der Waals surface area contributed by atoms with Gasteiger partial charge >= 0.3 is 0 Å². The third-order valence-corrected chi connectivity index (χ3v) is 2.14. The van der Waals surface area contributed by atoms with Crippen LogP contribution in [0.2, 0.25) is 0 Å². The van der Waals surface area contributed by atoms with Gasteiger partial charge in [0.25, 0.3) is 0 Å². The summed E-state index contributed by atoms with van der Waals surface area (Å²) in [4.78, 5) is 0. The zero-order chi connectivity index (χ0) is 9.19. The van der Waals surface area contributed by atoms with Gasteiger partial charge in [-0.1, -0.05) is 36.5 Å². The van der Waals surface area contributed by atoms with Gasteiger partial charge < -0.3 is 0 Å². The van der Waals surface area contributed by atoms with Crippen LogP contribution in [0, 0.1) is 6.42 Å². The Labute approximate surface area is 82.0 Å². The summed E-state index contributed by atoms with van der Waals surface area (Å²) in [7, 11) is 0. The lowest BCUT2D eigenvalue weighted by molar-refractivity contribution is 0.842. The molecule has 0 spiro atoms. The molecule has 13 heavy (non-hydrogen) atoms. The van der Waals surface area contributed by atoms with Crippen LogP contribution < -0.4 is 0 Å². The lowest BCUT2D eigenvalue weighted by Gasteiger charge is -1.90. The molecular formula is C13H19. The maximum atomic E-state index is 2.32. The fraction of sp³-hybridized carbons (Fsp3) is 0.462. The van der Waals surface area contributed by atoms with Crippen molar-refractivity contribution >= 4 is 0 Å². The molecule has 0 nitrogen and oxygen atoms in total. The maximum absolute atomic E-state index is 2.32. The summed E-state index contributed by atoms with van der Waals surface area (Å²) in [6.07, 6.45) is 23.0.